The number of ether oxygens (including phenoxy) is 1. The van der Waals surface area contributed by atoms with Gasteiger partial charge in [0.1, 0.15) is 11.8 Å². The lowest BCUT2D eigenvalue weighted by molar-refractivity contribution is -0.141. The van der Waals surface area contributed by atoms with Crippen molar-refractivity contribution in [3.8, 4) is 16.9 Å². The Morgan fingerprint density at radius 1 is 1.14 bits per heavy atom. The first-order valence-electron chi connectivity index (χ1n) is 9.47. The van der Waals surface area contributed by atoms with Crippen LogP contribution in [0.1, 0.15) is 20.3 Å². The van der Waals surface area contributed by atoms with Crippen LogP contribution in [0.4, 0.5) is 5.69 Å². The maximum Gasteiger partial charge on any atom is 0.250 e. The predicted octanol–water partition coefficient (Wildman–Crippen LogP) is 2.42. The molecule has 2 N–H and O–H groups in total. The number of amides is 2. The number of methoxy groups -OCH3 is 1. The molecule has 2 aromatic carbocycles. The van der Waals surface area contributed by atoms with Crippen molar-refractivity contribution >= 4 is 17.5 Å². The minimum atomic E-state index is -0.986. The van der Waals surface area contributed by atoms with Gasteiger partial charge in [-0.05, 0) is 43.5 Å². The highest BCUT2D eigenvalue weighted by atomic mass is 16.5. The number of nitrogens with zero attached hydrogens (tertiary/aromatic N) is 2. The Balaban J connectivity index is 1.68. The largest absolute Gasteiger partial charge is 0.495 e. The van der Waals surface area contributed by atoms with Gasteiger partial charge in [-0.3, -0.25) is 9.59 Å². The summed E-state index contributed by atoms with van der Waals surface area (Å²) in [4.78, 5) is 29.2. The molecule has 0 saturated carbocycles. The summed E-state index contributed by atoms with van der Waals surface area (Å²) in [7, 11) is 1.60. The highest BCUT2D eigenvalue weighted by Gasteiger charge is 2.53. The lowest BCUT2D eigenvalue weighted by Crippen LogP contribution is -2.59. The van der Waals surface area contributed by atoms with Gasteiger partial charge in [0.05, 0.1) is 24.4 Å². The van der Waals surface area contributed by atoms with E-state index >= 15 is 0 Å². The predicted molar refractivity (Wildman–Crippen MR) is 108 cm³/mol. The Hall–Kier alpha value is -2.86. The molecule has 2 saturated heterocycles. The molecular formula is C22H25N3O3. The summed E-state index contributed by atoms with van der Waals surface area (Å²) in [6, 6.07) is 15.4. The van der Waals surface area contributed by atoms with Crippen LogP contribution in [-0.2, 0) is 9.59 Å². The average molecular weight is 379 g/mol. The molecule has 2 heterocycles. The van der Waals surface area contributed by atoms with Crippen molar-refractivity contribution in [3.05, 3.63) is 48.5 Å². The SMILES string of the molecule is COc1ccc(-c2ccccc2)cc1N1C(=O)[C@@H]2C[C@H]1CN2C(=O)C(C)(C)N. The van der Waals surface area contributed by atoms with E-state index in [9.17, 15) is 9.59 Å². The molecule has 2 atom stereocenters. The van der Waals surface area contributed by atoms with Gasteiger partial charge in [-0.2, -0.15) is 0 Å². The lowest BCUT2D eigenvalue weighted by atomic mass is 10.0. The number of benzene rings is 2. The third kappa shape index (κ3) is 2.94. The molecule has 2 aliphatic rings. The summed E-state index contributed by atoms with van der Waals surface area (Å²) < 4.78 is 5.54. The van der Waals surface area contributed by atoms with Gasteiger partial charge in [-0.1, -0.05) is 36.4 Å². The Bertz CT molecular complexity index is 920. The number of likely N-dealkylation sites (tertiary alicyclic amines) is 1. The third-order valence-corrected chi connectivity index (χ3v) is 5.52. The molecule has 0 aromatic heterocycles. The molecule has 28 heavy (non-hydrogen) atoms. The minimum Gasteiger partial charge on any atom is -0.495 e. The first-order valence-corrected chi connectivity index (χ1v) is 9.47. The molecule has 4 rings (SSSR count). The van der Waals surface area contributed by atoms with E-state index in [4.69, 9.17) is 10.5 Å². The van der Waals surface area contributed by atoms with Gasteiger partial charge in [-0.25, -0.2) is 0 Å². The van der Waals surface area contributed by atoms with E-state index in [1.165, 1.54) is 0 Å². The number of carbonyl (C=O) groups is 2. The highest BCUT2D eigenvalue weighted by molar-refractivity contribution is 6.05. The first-order chi connectivity index (χ1) is 13.3. The second kappa shape index (κ2) is 6.63. The van der Waals surface area contributed by atoms with Gasteiger partial charge in [-0.15, -0.1) is 0 Å². The molecule has 146 valence electrons. The summed E-state index contributed by atoms with van der Waals surface area (Å²) in [6.07, 6.45) is 0.624. The van der Waals surface area contributed by atoms with Crippen molar-refractivity contribution in [2.75, 3.05) is 18.6 Å². The number of anilines is 1. The number of nitrogens with two attached hydrogens (primary N) is 1. The van der Waals surface area contributed by atoms with Crippen molar-refractivity contribution in [1.82, 2.24) is 4.90 Å². The molecule has 2 bridgehead atoms. The Kier molecular flexibility index (Phi) is 4.38. The zero-order valence-electron chi connectivity index (χ0n) is 16.4. The zero-order chi connectivity index (χ0) is 20.1. The molecule has 6 heteroatoms. The van der Waals surface area contributed by atoms with E-state index < -0.39 is 11.6 Å². The van der Waals surface area contributed by atoms with Crippen LogP contribution in [-0.4, -0.2) is 48.0 Å². The van der Waals surface area contributed by atoms with E-state index in [0.29, 0.717) is 18.7 Å². The van der Waals surface area contributed by atoms with Gasteiger partial charge in [0.2, 0.25) is 11.8 Å². The van der Waals surface area contributed by atoms with Crippen LogP contribution in [0.15, 0.2) is 48.5 Å². The van der Waals surface area contributed by atoms with Crippen LogP contribution in [0.3, 0.4) is 0 Å². The van der Waals surface area contributed by atoms with Crippen LogP contribution in [0.25, 0.3) is 11.1 Å². The van der Waals surface area contributed by atoms with E-state index in [2.05, 4.69) is 0 Å². The molecular weight excluding hydrogens is 354 g/mol. The third-order valence-electron chi connectivity index (χ3n) is 5.52. The molecule has 0 spiro atoms. The second-order valence-electron chi connectivity index (χ2n) is 8.05. The average Bonchev–Trinajstić information content (AvgIpc) is 3.25. The molecule has 2 amide bonds. The number of hydrogen-bond donors (Lipinski definition) is 1. The van der Waals surface area contributed by atoms with Crippen molar-refractivity contribution in [2.45, 2.75) is 37.9 Å². The Labute approximate surface area is 164 Å². The van der Waals surface area contributed by atoms with Crippen LogP contribution >= 0.6 is 0 Å². The molecule has 0 aliphatic carbocycles. The zero-order valence-corrected chi connectivity index (χ0v) is 16.4. The van der Waals surface area contributed by atoms with E-state index in [0.717, 1.165) is 16.8 Å². The Morgan fingerprint density at radius 3 is 2.46 bits per heavy atom. The molecule has 6 nitrogen and oxygen atoms in total. The van der Waals surface area contributed by atoms with Gasteiger partial charge in [0, 0.05) is 6.54 Å². The van der Waals surface area contributed by atoms with E-state index in [1.807, 2.05) is 48.5 Å². The number of carbonyl (C=O) groups excluding carboxylic acids is 2. The lowest BCUT2D eigenvalue weighted by Gasteiger charge is -2.37. The first kappa shape index (κ1) is 18.5. The van der Waals surface area contributed by atoms with Crippen molar-refractivity contribution in [3.63, 3.8) is 0 Å². The van der Waals surface area contributed by atoms with Crippen LogP contribution < -0.4 is 15.4 Å². The monoisotopic (exact) mass is 379 g/mol. The fourth-order valence-electron chi connectivity index (χ4n) is 4.17. The number of rotatable bonds is 4. The van der Waals surface area contributed by atoms with E-state index in [-0.39, 0.29) is 17.9 Å². The van der Waals surface area contributed by atoms with Crippen molar-refractivity contribution < 1.29 is 14.3 Å². The fraction of sp³-hybridized carbons (Fsp3) is 0.364. The minimum absolute atomic E-state index is 0.0660. The summed E-state index contributed by atoms with van der Waals surface area (Å²) in [6.45, 7) is 3.85. The summed E-state index contributed by atoms with van der Waals surface area (Å²) in [5.41, 5.74) is 7.83. The molecule has 2 aliphatic heterocycles. The maximum absolute atomic E-state index is 13.2. The molecule has 2 aromatic rings. The molecule has 0 unspecified atom stereocenters. The van der Waals surface area contributed by atoms with E-state index in [1.54, 1.807) is 30.8 Å². The van der Waals surface area contributed by atoms with Gasteiger partial charge in [0.25, 0.3) is 0 Å². The van der Waals surface area contributed by atoms with Gasteiger partial charge >= 0.3 is 0 Å². The molecule has 2 fully saturated rings. The fourth-order valence-corrected chi connectivity index (χ4v) is 4.17. The topological polar surface area (TPSA) is 75.9 Å². The Morgan fingerprint density at radius 2 is 1.86 bits per heavy atom. The number of piperazine rings is 1. The summed E-state index contributed by atoms with van der Waals surface area (Å²) >= 11 is 0. The van der Waals surface area contributed by atoms with Crippen molar-refractivity contribution in [1.29, 1.82) is 0 Å². The molecule has 0 radical (unpaired) electrons. The van der Waals surface area contributed by atoms with Crippen LogP contribution in [0.5, 0.6) is 5.75 Å². The highest BCUT2D eigenvalue weighted by Crippen LogP contribution is 2.42. The standard InChI is InChI=1S/C22H25N3O3/c1-22(2,23)21(27)24-13-16-12-18(24)20(26)25(16)17-11-15(9-10-19(17)28-3)14-7-5-4-6-8-14/h4-11,16,18H,12-13,23H2,1-3H3/t16-,18-/m0/s1. The van der Waals surface area contributed by atoms with Crippen LogP contribution in [0, 0.1) is 0 Å². The summed E-state index contributed by atoms with van der Waals surface area (Å²) in [5, 5.41) is 0. The summed E-state index contributed by atoms with van der Waals surface area (Å²) in [5.74, 6) is 0.396. The second-order valence-corrected chi connectivity index (χ2v) is 8.05. The van der Waals surface area contributed by atoms with Gasteiger partial charge < -0.3 is 20.3 Å². The van der Waals surface area contributed by atoms with Gasteiger partial charge in [0.15, 0.2) is 0 Å². The quantitative estimate of drug-likeness (QED) is 0.885. The number of fused-ring (bicyclic) bond motifs is 2. The maximum atomic E-state index is 13.2. The van der Waals surface area contributed by atoms with Crippen LogP contribution in [0.2, 0.25) is 0 Å². The normalized spacial score (nSPS) is 21.4. The van der Waals surface area contributed by atoms with Crippen molar-refractivity contribution in [2.24, 2.45) is 5.73 Å². The smallest absolute Gasteiger partial charge is 0.250 e. The number of hydrogen-bond acceptors (Lipinski definition) is 4.